The molecule has 162 valence electrons. The summed E-state index contributed by atoms with van der Waals surface area (Å²) in [5.74, 6) is -2.78. The molecule has 0 bridgehead atoms. The summed E-state index contributed by atoms with van der Waals surface area (Å²) < 4.78 is 26.8. The predicted molar refractivity (Wildman–Crippen MR) is 111 cm³/mol. The van der Waals surface area contributed by atoms with Crippen molar-refractivity contribution in [3.63, 3.8) is 0 Å². The van der Waals surface area contributed by atoms with Crippen molar-refractivity contribution in [1.82, 2.24) is 4.90 Å². The molecule has 1 N–H and O–H groups in total. The molecule has 0 aliphatic carbocycles. The summed E-state index contributed by atoms with van der Waals surface area (Å²) in [6.07, 6.45) is 1.07. The Morgan fingerprint density at radius 1 is 0.968 bits per heavy atom. The fraction of sp³-hybridized carbons (Fsp3) is 0.348. The van der Waals surface area contributed by atoms with Crippen LogP contribution in [0.1, 0.15) is 19.3 Å². The highest BCUT2D eigenvalue weighted by molar-refractivity contribution is 6.00. The molecule has 2 aliphatic rings. The Kier molecular flexibility index (Phi) is 5.97. The van der Waals surface area contributed by atoms with E-state index in [1.807, 2.05) is 30.3 Å². The monoisotopic (exact) mass is 427 g/mol. The summed E-state index contributed by atoms with van der Waals surface area (Å²) in [5.41, 5.74) is 0.724. The molecule has 2 fully saturated rings. The van der Waals surface area contributed by atoms with Crippen molar-refractivity contribution in [2.75, 3.05) is 29.9 Å². The number of carbonyl (C=O) groups is 3. The van der Waals surface area contributed by atoms with Gasteiger partial charge in [-0.05, 0) is 37.1 Å². The largest absolute Gasteiger partial charge is 0.342 e. The highest BCUT2D eigenvalue weighted by Crippen LogP contribution is 2.28. The summed E-state index contributed by atoms with van der Waals surface area (Å²) in [5, 5.41) is 2.50. The third kappa shape index (κ3) is 4.57. The third-order valence-corrected chi connectivity index (χ3v) is 5.91. The molecule has 0 spiro atoms. The van der Waals surface area contributed by atoms with Crippen LogP contribution in [0.25, 0.3) is 0 Å². The number of piperidine rings is 1. The summed E-state index contributed by atoms with van der Waals surface area (Å²) in [4.78, 5) is 41.1. The van der Waals surface area contributed by atoms with Gasteiger partial charge in [0.1, 0.15) is 11.6 Å². The van der Waals surface area contributed by atoms with Gasteiger partial charge in [0.05, 0.1) is 11.6 Å². The molecule has 6 nitrogen and oxygen atoms in total. The molecule has 8 heteroatoms. The number of para-hydroxylation sites is 1. The SMILES string of the molecule is O=C(Nc1ccc(F)cc1F)C1CCN(C(=O)C2CC(=O)N(c3ccccc3)C2)CC1. The molecule has 0 radical (unpaired) electrons. The van der Waals surface area contributed by atoms with Crippen LogP contribution in [0.15, 0.2) is 48.5 Å². The summed E-state index contributed by atoms with van der Waals surface area (Å²) >= 11 is 0. The van der Waals surface area contributed by atoms with Gasteiger partial charge in [-0.25, -0.2) is 8.78 Å². The highest BCUT2D eigenvalue weighted by atomic mass is 19.1. The van der Waals surface area contributed by atoms with Gasteiger partial charge in [0.25, 0.3) is 0 Å². The zero-order valence-corrected chi connectivity index (χ0v) is 16.9. The molecule has 31 heavy (non-hydrogen) atoms. The van der Waals surface area contributed by atoms with Crippen molar-refractivity contribution in [3.8, 4) is 0 Å². The van der Waals surface area contributed by atoms with E-state index in [9.17, 15) is 23.2 Å². The van der Waals surface area contributed by atoms with Crippen molar-refractivity contribution in [2.24, 2.45) is 11.8 Å². The van der Waals surface area contributed by atoms with E-state index in [0.29, 0.717) is 32.5 Å². The fourth-order valence-corrected chi connectivity index (χ4v) is 4.18. The predicted octanol–water partition coefficient (Wildman–Crippen LogP) is 3.20. The van der Waals surface area contributed by atoms with Crippen LogP contribution in [-0.4, -0.2) is 42.3 Å². The molecule has 4 rings (SSSR count). The first-order valence-electron chi connectivity index (χ1n) is 10.3. The molecular weight excluding hydrogens is 404 g/mol. The number of halogens is 2. The van der Waals surface area contributed by atoms with Crippen LogP contribution in [0, 0.1) is 23.5 Å². The Balaban J connectivity index is 1.31. The molecule has 2 aliphatic heterocycles. The quantitative estimate of drug-likeness (QED) is 0.815. The number of carbonyl (C=O) groups excluding carboxylic acids is 3. The highest BCUT2D eigenvalue weighted by Gasteiger charge is 2.38. The molecular formula is C23H23F2N3O3. The lowest BCUT2D eigenvalue weighted by Gasteiger charge is -2.33. The molecule has 1 unspecified atom stereocenters. The Bertz CT molecular complexity index is 991. The number of nitrogens with one attached hydrogen (secondary N) is 1. The van der Waals surface area contributed by atoms with E-state index >= 15 is 0 Å². The zero-order chi connectivity index (χ0) is 22.0. The second kappa shape index (κ2) is 8.83. The second-order valence-corrected chi connectivity index (χ2v) is 7.95. The minimum Gasteiger partial charge on any atom is -0.342 e. The number of amides is 3. The van der Waals surface area contributed by atoms with Crippen LogP contribution in [0.2, 0.25) is 0 Å². The number of hydrogen-bond acceptors (Lipinski definition) is 3. The lowest BCUT2D eigenvalue weighted by atomic mass is 9.94. The standard InChI is InChI=1S/C23H23F2N3O3/c24-17-6-7-20(19(25)13-17)26-22(30)15-8-10-27(11-9-15)23(31)16-12-21(29)28(14-16)18-4-2-1-3-5-18/h1-7,13,15-16H,8-12,14H2,(H,26,30). The number of hydrogen-bond donors (Lipinski definition) is 1. The van der Waals surface area contributed by atoms with Crippen LogP contribution < -0.4 is 10.2 Å². The molecule has 0 saturated carbocycles. The van der Waals surface area contributed by atoms with Crippen molar-refractivity contribution >= 4 is 29.1 Å². The number of benzene rings is 2. The lowest BCUT2D eigenvalue weighted by Crippen LogP contribution is -2.44. The second-order valence-electron chi connectivity index (χ2n) is 7.95. The van der Waals surface area contributed by atoms with Crippen LogP contribution in [-0.2, 0) is 14.4 Å². The Hall–Kier alpha value is -3.29. The van der Waals surface area contributed by atoms with Crippen molar-refractivity contribution in [1.29, 1.82) is 0 Å². The van der Waals surface area contributed by atoms with Gasteiger partial charge in [-0.3, -0.25) is 14.4 Å². The first-order valence-corrected chi connectivity index (χ1v) is 10.3. The Labute approximate surface area is 178 Å². The maximum Gasteiger partial charge on any atom is 0.228 e. The van der Waals surface area contributed by atoms with Gasteiger partial charge < -0.3 is 15.1 Å². The molecule has 2 aromatic carbocycles. The van der Waals surface area contributed by atoms with Gasteiger partial charge in [-0.2, -0.15) is 0 Å². The van der Waals surface area contributed by atoms with E-state index in [1.54, 1.807) is 9.80 Å². The normalized spacial score (nSPS) is 19.5. The summed E-state index contributed by atoms with van der Waals surface area (Å²) in [6.45, 7) is 1.16. The van der Waals surface area contributed by atoms with Crippen molar-refractivity contribution in [2.45, 2.75) is 19.3 Å². The van der Waals surface area contributed by atoms with Gasteiger partial charge in [0.15, 0.2) is 0 Å². The van der Waals surface area contributed by atoms with Crippen LogP contribution in [0.5, 0.6) is 0 Å². The number of likely N-dealkylation sites (tertiary alicyclic amines) is 1. The first kappa shape index (κ1) is 21.0. The summed E-state index contributed by atoms with van der Waals surface area (Å²) in [6, 6.07) is 12.3. The van der Waals surface area contributed by atoms with E-state index in [2.05, 4.69) is 5.32 Å². The minimum atomic E-state index is -0.824. The van der Waals surface area contributed by atoms with Crippen LogP contribution in [0.4, 0.5) is 20.2 Å². The maximum atomic E-state index is 13.8. The fourth-order valence-electron chi connectivity index (χ4n) is 4.18. The number of nitrogens with zero attached hydrogens (tertiary/aromatic N) is 2. The molecule has 1 atom stereocenters. The zero-order valence-electron chi connectivity index (χ0n) is 16.9. The Morgan fingerprint density at radius 3 is 2.35 bits per heavy atom. The number of anilines is 2. The van der Waals surface area contributed by atoms with Gasteiger partial charge in [0.2, 0.25) is 17.7 Å². The van der Waals surface area contributed by atoms with Crippen LogP contribution in [0.3, 0.4) is 0 Å². The van der Waals surface area contributed by atoms with E-state index in [-0.39, 0.29) is 35.7 Å². The van der Waals surface area contributed by atoms with Crippen LogP contribution >= 0.6 is 0 Å². The smallest absolute Gasteiger partial charge is 0.228 e. The van der Waals surface area contributed by atoms with E-state index in [1.165, 1.54) is 6.07 Å². The maximum absolute atomic E-state index is 13.8. The van der Waals surface area contributed by atoms with E-state index < -0.39 is 17.6 Å². The molecule has 2 aromatic rings. The van der Waals surface area contributed by atoms with Gasteiger partial charge in [-0.1, -0.05) is 18.2 Å². The van der Waals surface area contributed by atoms with Gasteiger partial charge >= 0.3 is 0 Å². The molecule has 3 amide bonds. The average molecular weight is 427 g/mol. The summed E-state index contributed by atoms with van der Waals surface area (Å²) in [7, 11) is 0. The Morgan fingerprint density at radius 2 is 1.68 bits per heavy atom. The molecule has 2 saturated heterocycles. The van der Waals surface area contributed by atoms with E-state index in [0.717, 1.165) is 17.8 Å². The molecule has 2 heterocycles. The number of rotatable bonds is 4. The van der Waals surface area contributed by atoms with Crippen molar-refractivity contribution in [3.05, 3.63) is 60.2 Å². The van der Waals surface area contributed by atoms with Gasteiger partial charge in [-0.15, -0.1) is 0 Å². The van der Waals surface area contributed by atoms with Crippen molar-refractivity contribution < 1.29 is 23.2 Å². The topological polar surface area (TPSA) is 69.7 Å². The van der Waals surface area contributed by atoms with Gasteiger partial charge in [0, 0.05) is 43.7 Å². The third-order valence-electron chi connectivity index (χ3n) is 5.91. The molecule has 0 aromatic heterocycles. The lowest BCUT2D eigenvalue weighted by molar-refractivity contribution is -0.138. The van der Waals surface area contributed by atoms with E-state index in [4.69, 9.17) is 0 Å². The minimum absolute atomic E-state index is 0.0598. The first-order chi connectivity index (χ1) is 14.9. The average Bonchev–Trinajstić information content (AvgIpc) is 3.17.